The molecular formula is C15H15F3N2O. The average Bonchev–Trinajstić information content (AvgIpc) is 2.74. The van der Waals surface area contributed by atoms with Crippen molar-refractivity contribution in [1.82, 2.24) is 0 Å². The van der Waals surface area contributed by atoms with E-state index < -0.39 is 11.7 Å². The SMILES string of the molecule is C/C(=N/Nc1ccccc1C(F)(F)F)c1cc(C)oc1C. The third-order valence-electron chi connectivity index (χ3n) is 3.01. The molecule has 0 spiro atoms. The molecule has 112 valence electrons. The van der Waals surface area contributed by atoms with Crippen LogP contribution >= 0.6 is 0 Å². The number of halogens is 3. The molecule has 2 rings (SSSR count). The summed E-state index contributed by atoms with van der Waals surface area (Å²) in [5, 5.41) is 4.02. The summed E-state index contributed by atoms with van der Waals surface area (Å²) in [5.41, 5.74) is 2.98. The first-order chi connectivity index (χ1) is 9.79. The van der Waals surface area contributed by atoms with Gasteiger partial charge in [0, 0.05) is 5.56 Å². The van der Waals surface area contributed by atoms with Crippen molar-refractivity contribution in [3.8, 4) is 0 Å². The lowest BCUT2D eigenvalue weighted by molar-refractivity contribution is -0.136. The molecule has 0 atom stereocenters. The summed E-state index contributed by atoms with van der Waals surface area (Å²) in [5.74, 6) is 1.41. The molecule has 0 fully saturated rings. The quantitative estimate of drug-likeness (QED) is 0.655. The van der Waals surface area contributed by atoms with Gasteiger partial charge in [0.15, 0.2) is 0 Å². The van der Waals surface area contributed by atoms with Crippen molar-refractivity contribution >= 4 is 11.4 Å². The van der Waals surface area contributed by atoms with Crippen molar-refractivity contribution in [1.29, 1.82) is 0 Å². The summed E-state index contributed by atoms with van der Waals surface area (Å²) in [6.07, 6.45) is -4.42. The van der Waals surface area contributed by atoms with E-state index in [1.807, 2.05) is 0 Å². The van der Waals surface area contributed by atoms with Crippen LogP contribution in [0.1, 0.15) is 29.6 Å². The van der Waals surface area contributed by atoms with Crippen LogP contribution in [0.25, 0.3) is 0 Å². The fraction of sp³-hybridized carbons (Fsp3) is 0.267. The van der Waals surface area contributed by atoms with Gasteiger partial charge in [-0.05, 0) is 39.0 Å². The fourth-order valence-electron chi connectivity index (χ4n) is 2.02. The lowest BCUT2D eigenvalue weighted by Crippen LogP contribution is -2.09. The molecule has 0 bridgehead atoms. The first-order valence-electron chi connectivity index (χ1n) is 6.33. The van der Waals surface area contributed by atoms with E-state index in [1.54, 1.807) is 26.8 Å². The van der Waals surface area contributed by atoms with Crippen LogP contribution in [0, 0.1) is 13.8 Å². The highest BCUT2D eigenvalue weighted by molar-refractivity contribution is 6.00. The van der Waals surface area contributed by atoms with Crippen LogP contribution in [-0.4, -0.2) is 5.71 Å². The van der Waals surface area contributed by atoms with Gasteiger partial charge >= 0.3 is 6.18 Å². The number of furan rings is 1. The summed E-state index contributed by atoms with van der Waals surface area (Å²) < 4.78 is 44.0. The van der Waals surface area contributed by atoms with Gasteiger partial charge in [0.2, 0.25) is 0 Å². The van der Waals surface area contributed by atoms with Gasteiger partial charge in [-0.25, -0.2) is 0 Å². The fourth-order valence-corrected chi connectivity index (χ4v) is 2.02. The van der Waals surface area contributed by atoms with Crippen LogP contribution in [0.3, 0.4) is 0 Å². The monoisotopic (exact) mass is 296 g/mol. The maximum absolute atomic E-state index is 12.9. The number of benzene rings is 1. The van der Waals surface area contributed by atoms with E-state index >= 15 is 0 Å². The van der Waals surface area contributed by atoms with Gasteiger partial charge < -0.3 is 4.42 Å². The second-order valence-electron chi connectivity index (χ2n) is 4.68. The number of alkyl halides is 3. The van der Waals surface area contributed by atoms with E-state index in [0.717, 1.165) is 17.4 Å². The summed E-state index contributed by atoms with van der Waals surface area (Å²) >= 11 is 0. The number of para-hydroxylation sites is 1. The molecule has 0 aliphatic carbocycles. The Balaban J connectivity index is 2.27. The standard InChI is InChI=1S/C15H15F3N2O/c1-9-8-12(11(3)21-9)10(2)19-20-14-7-5-4-6-13(14)15(16,17)18/h4-8,20H,1-3H3/b19-10-. The molecule has 1 heterocycles. The molecule has 0 saturated carbocycles. The molecule has 0 radical (unpaired) electrons. The maximum atomic E-state index is 12.9. The number of hydrogen-bond donors (Lipinski definition) is 1. The summed E-state index contributed by atoms with van der Waals surface area (Å²) in [4.78, 5) is 0. The Kier molecular flexibility index (Phi) is 4.06. The van der Waals surface area contributed by atoms with Crippen molar-refractivity contribution in [2.45, 2.75) is 26.9 Å². The number of hydrogen-bond acceptors (Lipinski definition) is 3. The third-order valence-corrected chi connectivity index (χ3v) is 3.01. The number of rotatable bonds is 3. The number of nitrogens with one attached hydrogen (secondary N) is 1. The number of anilines is 1. The Labute approximate surface area is 120 Å². The number of nitrogens with zero attached hydrogens (tertiary/aromatic N) is 1. The maximum Gasteiger partial charge on any atom is 0.418 e. The Hall–Kier alpha value is -2.24. The van der Waals surface area contributed by atoms with Gasteiger partial charge in [0.05, 0.1) is 17.0 Å². The molecule has 0 aliphatic rings. The summed E-state index contributed by atoms with van der Waals surface area (Å²) in [6.45, 7) is 5.29. The van der Waals surface area contributed by atoms with Crippen molar-refractivity contribution in [2.75, 3.05) is 5.43 Å². The zero-order valence-corrected chi connectivity index (χ0v) is 11.9. The minimum Gasteiger partial charge on any atom is -0.466 e. The highest BCUT2D eigenvalue weighted by atomic mass is 19.4. The van der Waals surface area contributed by atoms with E-state index in [4.69, 9.17) is 4.42 Å². The Bertz CT molecular complexity index is 672. The minimum atomic E-state index is -4.42. The third kappa shape index (κ3) is 3.45. The Morgan fingerprint density at radius 2 is 1.86 bits per heavy atom. The molecule has 0 saturated heterocycles. The van der Waals surface area contributed by atoms with Crippen molar-refractivity contribution in [3.63, 3.8) is 0 Å². The van der Waals surface area contributed by atoms with Gasteiger partial charge in [-0.3, -0.25) is 5.43 Å². The molecular weight excluding hydrogens is 281 g/mol. The van der Waals surface area contributed by atoms with Gasteiger partial charge in [0.25, 0.3) is 0 Å². The number of hydrazone groups is 1. The topological polar surface area (TPSA) is 37.5 Å². The molecule has 1 aromatic carbocycles. The predicted molar refractivity (Wildman–Crippen MR) is 75.5 cm³/mol. The van der Waals surface area contributed by atoms with E-state index in [0.29, 0.717) is 11.5 Å². The molecule has 1 N–H and O–H groups in total. The van der Waals surface area contributed by atoms with Crippen molar-refractivity contribution in [3.05, 3.63) is 53.0 Å². The van der Waals surface area contributed by atoms with Gasteiger partial charge in [0.1, 0.15) is 11.5 Å². The van der Waals surface area contributed by atoms with Crippen molar-refractivity contribution in [2.24, 2.45) is 5.10 Å². The molecule has 0 amide bonds. The zero-order chi connectivity index (χ0) is 15.6. The van der Waals surface area contributed by atoms with Crippen LogP contribution in [0.4, 0.5) is 18.9 Å². The molecule has 6 heteroatoms. The first-order valence-corrected chi connectivity index (χ1v) is 6.33. The van der Waals surface area contributed by atoms with E-state index in [-0.39, 0.29) is 5.69 Å². The zero-order valence-electron chi connectivity index (χ0n) is 11.9. The van der Waals surface area contributed by atoms with E-state index in [1.165, 1.54) is 18.2 Å². The van der Waals surface area contributed by atoms with E-state index in [2.05, 4.69) is 10.5 Å². The predicted octanol–water partition coefficient (Wildman–Crippen LogP) is 4.75. The largest absolute Gasteiger partial charge is 0.466 e. The lowest BCUT2D eigenvalue weighted by Gasteiger charge is -2.12. The van der Waals surface area contributed by atoms with Crippen LogP contribution in [-0.2, 0) is 6.18 Å². The molecule has 0 aliphatic heterocycles. The van der Waals surface area contributed by atoms with Gasteiger partial charge in [-0.15, -0.1) is 0 Å². The molecule has 21 heavy (non-hydrogen) atoms. The summed E-state index contributed by atoms with van der Waals surface area (Å²) in [6, 6.07) is 7.02. The Morgan fingerprint density at radius 3 is 2.43 bits per heavy atom. The first kappa shape index (κ1) is 15.2. The van der Waals surface area contributed by atoms with E-state index in [9.17, 15) is 13.2 Å². The van der Waals surface area contributed by atoms with Gasteiger partial charge in [-0.1, -0.05) is 12.1 Å². The highest BCUT2D eigenvalue weighted by Gasteiger charge is 2.33. The van der Waals surface area contributed by atoms with Crippen LogP contribution in [0.5, 0.6) is 0 Å². The summed E-state index contributed by atoms with van der Waals surface area (Å²) in [7, 11) is 0. The van der Waals surface area contributed by atoms with Crippen LogP contribution in [0.2, 0.25) is 0 Å². The molecule has 2 aromatic rings. The van der Waals surface area contributed by atoms with Crippen LogP contribution in [0.15, 0.2) is 39.9 Å². The van der Waals surface area contributed by atoms with Crippen LogP contribution < -0.4 is 5.43 Å². The lowest BCUT2D eigenvalue weighted by atomic mass is 10.1. The smallest absolute Gasteiger partial charge is 0.418 e. The highest BCUT2D eigenvalue weighted by Crippen LogP contribution is 2.34. The molecule has 0 unspecified atom stereocenters. The normalized spacial score (nSPS) is 12.6. The molecule has 3 nitrogen and oxygen atoms in total. The number of aryl methyl sites for hydroxylation is 2. The Morgan fingerprint density at radius 1 is 1.19 bits per heavy atom. The second-order valence-corrected chi connectivity index (χ2v) is 4.68. The minimum absolute atomic E-state index is 0.0813. The van der Waals surface area contributed by atoms with Gasteiger partial charge in [-0.2, -0.15) is 18.3 Å². The average molecular weight is 296 g/mol. The molecule has 1 aromatic heterocycles. The van der Waals surface area contributed by atoms with Crippen molar-refractivity contribution < 1.29 is 17.6 Å². The second kappa shape index (κ2) is 5.63.